The molecule has 0 bridgehead atoms. The Balaban J connectivity index is 1.43. The van der Waals surface area contributed by atoms with E-state index in [2.05, 4.69) is 5.10 Å². The number of carbonyl (C=O) groups excluding carboxylic acids is 2. The molecule has 5 rings (SSSR count). The maximum absolute atomic E-state index is 14.6. The second-order valence-electron chi connectivity index (χ2n) is 8.73. The molecule has 178 valence electrons. The van der Waals surface area contributed by atoms with Crippen LogP contribution >= 0.6 is 23.2 Å². The van der Waals surface area contributed by atoms with Gasteiger partial charge >= 0.3 is 0 Å². The molecule has 3 heterocycles. The molecule has 7 nitrogen and oxygen atoms in total. The number of benzene rings is 2. The summed E-state index contributed by atoms with van der Waals surface area (Å²) in [7, 11) is 0. The first kappa shape index (κ1) is 23.3. The minimum Gasteiger partial charge on any atom is -0.331 e. The fourth-order valence-electron chi connectivity index (χ4n) is 4.67. The first-order chi connectivity index (χ1) is 16.8. The number of fused-ring (bicyclic) bond motifs is 3. The lowest BCUT2D eigenvalue weighted by atomic mass is 9.97. The Bertz CT molecular complexity index is 1410. The van der Waals surface area contributed by atoms with E-state index in [4.69, 9.17) is 28.5 Å². The third kappa shape index (κ3) is 4.05. The number of halogens is 3. The molecule has 3 aromatic rings. The Hall–Kier alpha value is -3.41. The number of hydrogen-bond acceptors (Lipinski definition) is 4. The average Bonchev–Trinajstić information content (AvgIpc) is 3.20. The highest BCUT2D eigenvalue weighted by molar-refractivity contribution is 6.42. The lowest BCUT2D eigenvalue weighted by Crippen LogP contribution is -2.44. The number of carbonyl (C=O) groups is 2. The monoisotopic (exact) mass is 511 g/mol. The Morgan fingerprint density at radius 1 is 1.23 bits per heavy atom. The van der Waals surface area contributed by atoms with Crippen LogP contribution in [0.4, 0.5) is 4.39 Å². The van der Waals surface area contributed by atoms with Crippen molar-refractivity contribution in [2.45, 2.75) is 39.0 Å². The minimum atomic E-state index is -0.615. The first-order valence-corrected chi connectivity index (χ1v) is 11.9. The summed E-state index contributed by atoms with van der Waals surface area (Å²) in [6.07, 6.45) is 0.508. The molecule has 0 saturated carbocycles. The molecule has 10 heteroatoms. The minimum absolute atomic E-state index is 0.0441. The van der Waals surface area contributed by atoms with Gasteiger partial charge in [0.25, 0.3) is 11.8 Å². The summed E-state index contributed by atoms with van der Waals surface area (Å²) in [6.45, 7) is 3.04. The van der Waals surface area contributed by atoms with Crippen LogP contribution < -0.4 is 0 Å². The highest BCUT2D eigenvalue weighted by atomic mass is 35.5. The number of hydrogen-bond donors (Lipinski definition) is 0. The zero-order valence-electron chi connectivity index (χ0n) is 18.8. The third-order valence-electron chi connectivity index (χ3n) is 6.54. The fraction of sp³-hybridized carbons (Fsp3) is 0.280. The first-order valence-electron chi connectivity index (χ1n) is 11.1. The Labute approximate surface area is 211 Å². The molecule has 0 spiro atoms. The Morgan fingerprint density at radius 2 is 2.03 bits per heavy atom. The van der Waals surface area contributed by atoms with Gasteiger partial charge in [0.1, 0.15) is 17.6 Å². The van der Waals surface area contributed by atoms with Crippen molar-refractivity contribution in [3.63, 3.8) is 0 Å². The molecule has 35 heavy (non-hydrogen) atoms. The van der Waals surface area contributed by atoms with E-state index in [1.165, 1.54) is 6.07 Å². The van der Waals surface area contributed by atoms with E-state index in [9.17, 15) is 14.0 Å². The molecular formula is C25H20Cl2FN5O2. The smallest absolute Gasteiger partial charge is 0.272 e. The summed E-state index contributed by atoms with van der Waals surface area (Å²) in [4.78, 5) is 30.0. The molecule has 0 fully saturated rings. The van der Waals surface area contributed by atoms with Gasteiger partial charge in [-0.1, -0.05) is 35.3 Å². The SMILES string of the molecule is C[C@@H]1Cc2nn3c(c2CN1C(=O)c1ccc(Cl)c(Cl)c1)C(=O)N(Cc1cccc(C#N)c1F)CC3. The van der Waals surface area contributed by atoms with Crippen molar-refractivity contribution in [1.29, 1.82) is 5.26 Å². The lowest BCUT2D eigenvalue weighted by Gasteiger charge is -2.34. The van der Waals surface area contributed by atoms with E-state index in [-0.39, 0.29) is 42.1 Å². The van der Waals surface area contributed by atoms with Crippen molar-refractivity contribution in [2.75, 3.05) is 6.54 Å². The molecule has 0 radical (unpaired) electrons. The largest absolute Gasteiger partial charge is 0.331 e. The molecule has 1 aromatic heterocycles. The molecular weight excluding hydrogens is 492 g/mol. The van der Waals surface area contributed by atoms with Gasteiger partial charge in [-0.25, -0.2) is 4.39 Å². The molecule has 0 N–H and O–H groups in total. The van der Waals surface area contributed by atoms with Crippen molar-refractivity contribution >= 4 is 35.0 Å². The number of amides is 2. The maximum atomic E-state index is 14.6. The van der Waals surface area contributed by atoms with E-state index in [0.29, 0.717) is 46.4 Å². The molecule has 2 aliphatic heterocycles. The molecule has 0 unspecified atom stereocenters. The van der Waals surface area contributed by atoms with E-state index in [1.807, 2.05) is 13.0 Å². The topological polar surface area (TPSA) is 82.2 Å². The van der Waals surface area contributed by atoms with Gasteiger partial charge < -0.3 is 9.80 Å². The summed E-state index contributed by atoms with van der Waals surface area (Å²) in [5, 5.41) is 14.4. The van der Waals surface area contributed by atoms with E-state index in [0.717, 1.165) is 5.69 Å². The molecule has 0 aliphatic carbocycles. The van der Waals surface area contributed by atoms with Crippen molar-refractivity contribution in [3.8, 4) is 6.07 Å². The van der Waals surface area contributed by atoms with Gasteiger partial charge in [0.2, 0.25) is 0 Å². The average molecular weight is 512 g/mol. The number of nitrogens with zero attached hydrogens (tertiary/aromatic N) is 5. The second kappa shape index (κ2) is 8.99. The lowest BCUT2D eigenvalue weighted by molar-refractivity contribution is 0.0636. The number of nitriles is 1. The van der Waals surface area contributed by atoms with Crippen LogP contribution in [0.25, 0.3) is 0 Å². The van der Waals surface area contributed by atoms with Crippen LogP contribution in [-0.4, -0.2) is 44.0 Å². The van der Waals surface area contributed by atoms with E-state index < -0.39 is 5.82 Å². The zero-order chi connectivity index (χ0) is 24.9. The summed E-state index contributed by atoms with van der Waals surface area (Å²) in [5.74, 6) is -1.10. The molecule has 2 aliphatic rings. The van der Waals surface area contributed by atoms with Gasteiger partial charge in [-0.15, -0.1) is 0 Å². The fourth-order valence-corrected chi connectivity index (χ4v) is 4.97. The van der Waals surface area contributed by atoms with Gasteiger partial charge in [0.15, 0.2) is 0 Å². The quantitative estimate of drug-likeness (QED) is 0.520. The summed E-state index contributed by atoms with van der Waals surface area (Å²) >= 11 is 12.1. The van der Waals surface area contributed by atoms with Crippen LogP contribution in [0.5, 0.6) is 0 Å². The summed E-state index contributed by atoms with van der Waals surface area (Å²) in [6, 6.07) is 11.0. The molecule has 2 amide bonds. The van der Waals surface area contributed by atoms with Crippen molar-refractivity contribution < 1.29 is 14.0 Å². The molecule has 2 aromatic carbocycles. The van der Waals surface area contributed by atoms with E-state index in [1.54, 1.807) is 44.8 Å². The summed E-state index contributed by atoms with van der Waals surface area (Å²) < 4.78 is 16.3. The number of rotatable bonds is 3. The van der Waals surface area contributed by atoms with Gasteiger partial charge in [-0.3, -0.25) is 14.3 Å². The zero-order valence-corrected chi connectivity index (χ0v) is 20.3. The highest BCUT2D eigenvalue weighted by Gasteiger charge is 2.37. The summed E-state index contributed by atoms with van der Waals surface area (Å²) in [5.41, 5.74) is 2.55. The standard InChI is InChI=1S/C25H20Cl2FN5O2/c1-14-9-21-18(13-32(14)24(34)15-5-6-19(26)20(27)10-15)23-25(35)31(7-8-33(23)30-21)12-17-4-2-3-16(11-29)22(17)28/h2-6,10,14H,7-9,12-13H2,1H3/t14-/m1/s1. The highest BCUT2D eigenvalue weighted by Crippen LogP contribution is 2.31. The predicted molar refractivity (Wildman–Crippen MR) is 128 cm³/mol. The van der Waals surface area contributed by atoms with Gasteiger partial charge in [0, 0.05) is 42.2 Å². The van der Waals surface area contributed by atoms with Gasteiger partial charge in [0.05, 0.1) is 34.4 Å². The van der Waals surface area contributed by atoms with Crippen molar-refractivity contribution in [2.24, 2.45) is 0 Å². The van der Waals surface area contributed by atoms with Gasteiger partial charge in [-0.2, -0.15) is 10.4 Å². The predicted octanol–water partition coefficient (Wildman–Crippen LogP) is 4.44. The van der Waals surface area contributed by atoms with Crippen LogP contribution in [0, 0.1) is 17.1 Å². The number of aromatic nitrogens is 2. The molecule has 0 saturated heterocycles. The second-order valence-corrected chi connectivity index (χ2v) is 9.54. The van der Waals surface area contributed by atoms with Gasteiger partial charge in [-0.05, 0) is 31.2 Å². The van der Waals surface area contributed by atoms with Crippen LogP contribution in [0.2, 0.25) is 10.0 Å². The Morgan fingerprint density at radius 3 is 2.77 bits per heavy atom. The van der Waals surface area contributed by atoms with Crippen molar-refractivity contribution in [3.05, 3.63) is 85.9 Å². The third-order valence-corrected chi connectivity index (χ3v) is 7.28. The maximum Gasteiger partial charge on any atom is 0.272 e. The van der Waals surface area contributed by atoms with Crippen LogP contribution in [0.3, 0.4) is 0 Å². The normalized spacial score (nSPS) is 17.1. The van der Waals surface area contributed by atoms with E-state index >= 15 is 0 Å². The Kier molecular flexibility index (Phi) is 5.99. The molecule has 1 atom stereocenters. The van der Waals surface area contributed by atoms with Crippen LogP contribution in [0.1, 0.15) is 50.2 Å². The van der Waals surface area contributed by atoms with Crippen molar-refractivity contribution in [1.82, 2.24) is 19.6 Å². The van der Waals surface area contributed by atoms with Crippen LogP contribution in [-0.2, 0) is 26.1 Å². The van der Waals surface area contributed by atoms with Crippen LogP contribution in [0.15, 0.2) is 36.4 Å².